The third-order valence-electron chi connectivity index (χ3n) is 1.88. The lowest BCUT2D eigenvalue weighted by molar-refractivity contribution is 0.357. The molecule has 0 aliphatic heterocycles. The van der Waals surface area contributed by atoms with Crippen molar-refractivity contribution >= 4 is 21.7 Å². The van der Waals surface area contributed by atoms with Crippen LogP contribution in [0.1, 0.15) is 5.56 Å². The third kappa shape index (κ3) is 3.96. The van der Waals surface area contributed by atoms with Crippen molar-refractivity contribution in [3.63, 3.8) is 0 Å². The van der Waals surface area contributed by atoms with E-state index in [-0.39, 0.29) is 11.5 Å². The van der Waals surface area contributed by atoms with E-state index in [1.54, 1.807) is 24.3 Å². The maximum atomic E-state index is 11.6. The molecule has 16 heavy (non-hydrogen) atoms. The Bertz CT molecular complexity index is 449. The summed E-state index contributed by atoms with van der Waals surface area (Å²) in [5.74, 6) is 0.341. The van der Waals surface area contributed by atoms with Gasteiger partial charge in [0, 0.05) is 5.88 Å². The van der Waals surface area contributed by atoms with Crippen LogP contribution in [0.2, 0.25) is 0 Å². The average molecular weight is 261 g/mol. The van der Waals surface area contributed by atoms with Gasteiger partial charge in [-0.15, -0.1) is 11.6 Å². The molecule has 0 atom stereocenters. The van der Waals surface area contributed by atoms with Crippen molar-refractivity contribution < 1.29 is 12.6 Å². The smallest absolute Gasteiger partial charge is 0.262 e. The zero-order valence-corrected chi connectivity index (χ0v) is 10.5. The molecule has 0 fully saturated rings. The van der Waals surface area contributed by atoms with Gasteiger partial charge >= 0.3 is 0 Å². The van der Waals surface area contributed by atoms with Gasteiger partial charge in [-0.3, -0.25) is 4.18 Å². The SMILES string of the molecule is Cc1ccc(S(=O)(=O)OC/C=C/CCl)cc1. The van der Waals surface area contributed by atoms with Crippen molar-refractivity contribution in [3.8, 4) is 0 Å². The highest BCUT2D eigenvalue weighted by atomic mass is 35.5. The fourth-order valence-corrected chi connectivity index (χ4v) is 2.02. The van der Waals surface area contributed by atoms with E-state index in [0.29, 0.717) is 5.88 Å². The highest BCUT2D eigenvalue weighted by molar-refractivity contribution is 7.86. The van der Waals surface area contributed by atoms with Crippen LogP contribution in [-0.2, 0) is 14.3 Å². The van der Waals surface area contributed by atoms with Crippen LogP contribution < -0.4 is 0 Å². The second kappa shape index (κ2) is 6.03. The fourth-order valence-electron chi connectivity index (χ4n) is 1.03. The van der Waals surface area contributed by atoms with E-state index in [2.05, 4.69) is 0 Å². The van der Waals surface area contributed by atoms with E-state index in [4.69, 9.17) is 15.8 Å². The van der Waals surface area contributed by atoms with Crippen LogP contribution in [0.3, 0.4) is 0 Å². The minimum atomic E-state index is -3.65. The molecule has 0 unspecified atom stereocenters. The van der Waals surface area contributed by atoms with Crippen molar-refractivity contribution in [2.75, 3.05) is 12.5 Å². The van der Waals surface area contributed by atoms with Crippen LogP contribution in [0.4, 0.5) is 0 Å². The first-order chi connectivity index (χ1) is 7.56. The molecular weight excluding hydrogens is 248 g/mol. The second-order valence-electron chi connectivity index (χ2n) is 3.18. The molecule has 1 aromatic carbocycles. The summed E-state index contributed by atoms with van der Waals surface area (Å²) in [5, 5.41) is 0. The summed E-state index contributed by atoms with van der Waals surface area (Å²) >= 11 is 5.39. The lowest BCUT2D eigenvalue weighted by Gasteiger charge is -2.03. The molecule has 0 spiro atoms. The molecule has 5 heteroatoms. The number of halogens is 1. The normalized spacial score (nSPS) is 12.1. The Hall–Kier alpha value is -0.840. The van der Waals surface area contributed by atoms with E-state index in [1.807, 2.05) is 6.92 Å². The van der Waals surface area contributed by atoms with E-state index in [1.165, 1.54) is 12.1 Å². The van der Waals surface area contributed by atoms with Crippen LogP contribution in [0.25, 0.3) is 0 Å². The molecule has 88 valence electrons. The second-order valence-corrected chi connectivity index (χ2v) is 5.10. The zero-order valence-electron chi connectivity index (χ0n) is 8.89. The average Bonchev–Trinajstić information content (AvgIpc) is 2.25. The van der Waals surface area contributed by atoms with Gasteiger partial charge in [0.2, 0.25) is 0 Å². The number of alkyl halides is 1. The molecule has 1 rings (SSSR count). The molecule has 0 saturated heterocycles. The first-order valence-corrected chi connectivity index (χ1v) is 6.67. The topological polar surface area (TPSA) is 43.4 Å². The molecule has 3 nitrogen and oxygen atoms in total. The monoisotopic (exact) mass is 260 g/mol. The quantitative estimate of drug-likeness (QED) is 0.464. The summed E-state index contributed by atoms with van der Waals surface area (Å²) in [6.45, 7) is 1.89. The Balaban J connectivity index is 2.71. The predicted molar refractivity (Wildman–Crippen MR) is 64.2 cm³/mol. The Morgan fingerprint density at radius 1 is 1.25 bits per heavy atom. The molecule has 0 radical (unpaired) electrons. The summed E-state index contributed by atoms with van der Waals surface area (Å²) < 4.78 is 28.0. The van der Waals surface area contributed by atoms with E-state index in [9.17, 15) is 8.42 Å². The number of rotatable bonds is 5. The fraction of sp³-hybridized carbons (Fsp3) is 0.273. The third-order valence-corrected chi connectivity index (χ3v) is 3.36. The Morgan fingerprint density at radius 2 is 1.88 bits per heavy atom. The standard InChI is InChI=1S/C11H13ClO3S/c1-10-4-6-11(7-5-10)16(13,14)15-9-3-2-8-12/h2-7H,8-9H2,1H3/b3-2+. The first-order valence-electron chi connectivity index (χ1n) is 4.73. The molecule has 0 amide bonds. The van der Waals surface area contributed by atoms with Crippen molar-refractivity contribution in [1.29, 1.82) is 0 Å². The van der Waals surface area contributed by atoms with Gasteiger partial charge in [0.05, 0.1) is 11.5 Å². The van der Waals surface area contributed by atoms with Crippen LogP contribution >= 0.6 is 11.6 Å². The van der Waals surface area contributed by atoms with Crippen LogP contribution in [0.15, 0.2) is 41.3 Å². The van der Waals surface area contributed by atoms with Crippen molar-refractivity contribution in [1.82, 2.24) is 0 Å². The molecule has 0 aromatic heterocycles. The van der Waals surface area contributed by atoms with E-state index < -0.39 is 10.1 Å². The summed E-state index contributed by atoms with van der Waals surface area (Å²) in [4.78, 5) is 0.164. The van der Waals surface area contributed by atoms with Gasteiger partial charge in [-0.05, 0) is 19.1 Å². The minimum absolute atomic E-state index is 0.00291. The van der Waals surface area contributed by atoms with Gasteiger partial charge < -0.3 is 0 Å². The molecule has 0 heterocycles. The maximum absolute atomic E-state index is 11.6. The van der Waals surface area contributed by atoms with Gasteiger partial charge in [-0.25, -0.2) is 0 Å². The maximum Gasteiger partial charge on any atom is 0.297 e. The van der Waals surface area contributed by atoms with E-state index >= 15 is 0 Å². The number of benzene rings is 1. The van der Waals surface area contributed by atoms with Gasteiger partial charge in [0.1, 0.15) is 0 Å². The number of aryl methyl sites for hydroxylation is 1. The summed E-state index contributed by atoms with van der Waals surface area (Å²) in [7, 11) is -3.65. The van der Waals surface area contributed by atoms with Crippen LogP contribution in [0, 0.1) is 6.92 Å². The largest absolute Gasteiger partial charge is 0.297 e. The Morgan fingerprint density at radius 3 is 2.44 bits per heavy atom. The number of allylic oxidation sites excluding steroid dienone is 1. The highest BCUT2D eigenvalue weighted by Gasteiger charge is 2.13. The molecular formula is C11H13ClO3S. The number of hydrogen-bond donors (Lipinski definition) is 0. The lowest BCUT2D eigenvalue weighted by Crippen LogP contribution is -2.06. The molecule has 0 saturated carbocycles. The predicted octanol–water partition coefficient (Wildman–Crippen LogP) is 2.50. The van der Waals surface area contributed by atoms with Gasteiger partial charge in [0.15, 0.2) is 0 Å². The molecule has 1 aromatic rings. The number of hydrogen-bond acceptors (Lipinski definition) is 3. The molecule has 0 bridgehead atoms. The zero-order chi connectivity index (χ0) is 12.0. The van der Waals surface area contributed by atoms with Crippen molar-refractivity contribution in [3.05, 3.63) is 42.0 Å². The van der Waals surface area contributed by atoms with Gasteiger partial charge in [0.25, 0.3) is 10.1 Å². The van der Waals surface area contributed by atoms with Gasteiger partial charge in [-0.1, -0.05) is 29.8 Å². The molecule has 0 N–H and O–H groups in total. The lowest BCUT2D eigenvalue weighted by atomic mass is 10.2. The van der Waals surface area contributed by atoms with Crippen LogP contribution in [0.5, 0.6) is 0 Å². The van der Waals surface area contributed by atoms with Crippen LogP contribution in [-0.4, -0.2) is 20.9 Å². The van der Waals surface area contributed by atoms with Gasteiger partial charge in [-0.2, -0.15) is 8.42 Å². The highest BCUT2D eigenvalue weighted by Crippen LogP contribution is 2.12. The summed E-state index contributed by atoms with van der Waals surface area (Å²) in [5.41, 5.74) is 1.00. The van der Waals surface area contributed by atoms with Crippen molar-refractivity contribution in [2.24, 2.45) is 0 Å². The first kappa shape index (κ1) is 13.2. The summed E-state index contributed by atoms with van der Waals surface area (Å²) in [6.07, 6.45) is 3.20. The van der Waals surface area contributed by atoms with E-state index in [0.717, 1.165) is 5.56 Å². The minimum Gasteiger partial charge on any atom is -0.262 e. The molecule has 0 aliphatic rings. The van der Waals surface area contributed by atoms with Crippen molar-refractivity contribution in [2.45, 2.75) is 11.8 Å². The summed E-state index contributed by atoms with van der Waals surface area (Å²) in [6, 6.07) is 6.50. The Labute approximate surface area is 101 Å². The Kier molecular flexibility index (Phi) is 4.99. The molecule has 0 aliphatic carbocycles.